The van der Waals surface area contributed by atoms with E-state index in [0.29, 0.717) is 24.0 Å². The molecule has 1 N–H and O–H groups in total. The Morgan fingerprint density at radius 3 is 2.80 bits per heavy atom. The van der Waals surface area contributed by atoms with Crippen LogP contribution >= 0.6 is 11.3 Å². The summed E-state index contributed by atoms with van der Waals surface area (Å²) in [6.45, 7) is 3.34. The number of amides is 2. The molecule has 7 nitrogen and oxygen atoms in total. The molecule has 2 fully saturated rings. The first-order valence-corrected chi connectivity index (χ1v) is 11.4. The predicted molar refractivity (Wildman–Crippen MR) is 114 cm³/mol. The number of fused-ring (bicyclic) bond motifs is 3. The number of aryl methyl sites for hydroxylation is 2. The molecule has 1 saturated heterocycles. The van der Waals surface area contributed by atoms with Gasteiger partial charge in [0.15, 0.2) is 4.96 Å². The van der Waals surface area contributed by atoms with Crippen molar-refractivity contribution in [1.82, 2.24) is 24.6 Å². The molecule has 8 heteroatoms. The van der Waals surface area contributed by atoms with Gasteiger partial charge in [-0.3, -0.25) is 19.0 Å². The summed E-state index contributed by atoms with van der Waals surface area (Å²) in [5.41, 5.74) is 2.47. The van der Waals surface area contributed by atoms with Crippen molar-refractivity contribution >= 4 is 28.1 Å². The summed E-state index contributed by atoms with van der Waals surface area (Å²) in [4.78, 5) is 37.3. The number of thiazole rings is 1. The highest BCUT2D eigenvalue weighted by atomic mass is 32.1. The lowest BCUT2D eigenvalue weighted by Gasteiger charge is -2.38. The molecular formula is C22H25N5O2S. The Morgan fingerprint density at radius 1 is 1.27 bits per heavy atom. The molecule has 1 aliphatic heterocycles. The van der Waals surface area contributed by atoms with Gasteiger partial charge >= 0.3 is 0 Å². The van der Waals surface area contributed by atoms with Crippen molar-refractivity contribution in [3.63, 3.8) is 0 Å². The van der Waals surface area contributed by atoms with E-state index in [1.165, 1.54) is 11.3 Å². The maximum absolute atomic E-state index is 13.0. The lowest BCUT2D eigenvalue weighted by Crippen LogP contribution is -2.54. The zero-order valence-electron chi connectivity index (χ0n) is 17.0. The van der Waals surface area contributed by atoms with Gasteiger partial charge in [0.1, 0.15) is 5.69 Å². The highest BCUT2D eigenvalue weighted by Crippen LogP contribution is 2.37. The summed E-state index contributed by atoms with van der Waals surface area (Å²) in [5.74, 6) is 0.784. The number of hydrogen-bond donors (Lipinski definition) is 1. The molecule has 30 heavy (non-hydrogen) atoms. The van der Waals surface area contributed by atoms with Crippen LogP contribution in [0.4, 0.5) is 0 Å². The van der Waals surface area contributed by atoms with Crippen molar-refractivity contribution in [2.24, 2.45) is 11.8 Å². The number of likely N-dealkylation sites (tertiary alicyclic amines) is 1. The van der Waals surface area contributed by atoms with Crippen molar-refractivity contribution in [1.29, 1.82) is 0 Å². The number of carbonyl (C=O) groups is 2. The third-order valence-corrected chi connectivity index (χ3v) is 7.24. The van der Waals surface area contributed by atoms with Crippen molar-refractivity contribution in [2.45, 2.75) is 38.6 Å². The molecule has 2 bridgehead atoms. The molecule has 0 radical (unpaired) electrons. The largest absolute Gasteiger partial charge is 0.347 e. The van der Waals surface area contributed by atoms with Gasteiger partial charge in [0.05, 0.1) is 5.69 Å². The minimum absolute atomic E-state index is 0.0587. The van der Waals surface area contributed by atoms with Gasteiger partial charge in [-0.25, -0.2) is 4.98 Å². The van der Waals surface area contributed by atoms with Crippen LogP contribution in [-0.2, 0) is 11.2 Å². The second-order valence-electron chi connectivity index (χ2n) is 8.36. The molecule has 156 valence electrons. The molecule has 5 rings (SSSR count). The van der Waals surface area contributed by atoms with E-state index in [1.807, 2.05) is 46.1 Å². The molecule has 0 spiro atoms. The van der Waals surface area contributed by atoms with Gasteiger partial charge in [-0.15, -0.1) is 11.3 Å². The summed E-state index contributed by atoms with van der Waals surface area (Å²) in [6, 6.07) is 4.04. The zero-order chi connectivity index (χ0) is 20.7. The van der Waals surface area contributed by atoms with Gasteiger partial charge in [-0.05, 0) is 49.7 Å². The third kappa shape index (κ3) is 3.49. The molecule has 1 unspecified atom stereocenters. The van der Waals surface area contributed by atoms with E-state index in [2.05, 4.69) is 15.3 Å². The summed E-state index contributed by atoms with van der Waals surface area (Å²) in [7, 11) is 0. The summed E-state index contributed by atoms with van der Waals surface area (Å²) < 4.78 is 1.87. The van der Waals surface area contributed by atoms with Gasteiger partial charge < -0.3 is 10.2 Å². The first-order chi connectivity index (χ1) is 14.6. The highest BCUT2D eigenvalue weighted by Gasteiger charge is 2.44. The van der Waals surface area contributed by atoms with E-state index in [0.717, 1.165) is 48.6 Å². The topological polar surface area (TPSA) is 79.6 Å². The highest BCUT2D eigenvalue weighted by molar-refractivity contribution is 7.15. The van der Waals surface area contributed by atoms with Gasteiger partial charge in [-0.2, -0.15) is 0 Å². The number of piperidine rings is 1. The van der Waals surface area contributed by atoms with Gasteiger partial charge in [0.25, 0.3) is 5.91 Å². The summed E-state index contributed by atoms with van der Waals surface area (Å²) in [6.07, 6.45) is 8.80. The van der Waals surface area contributed by atoms with Crippen molar-refractivity contribution in [3.8, 4) is 0 Å². The zero-order valence-corrected chi connectivity index (χ0v) is 17.8. The van der Waals surface area contributed by atoms with Gasteiger partial charge in [0.2, 0.25) is 5.91 Å². The molecule has 1 saturated carbocycles. The Hall–Kier alpha value is -2.74. The first-order valence-electron chi connectivity index (χ1n) is 10.5. The molecule has 1 aliphatic carbocycles. The van der Waals surface area contributed by atoms with Crippen molar-refractivity contribution < 1.29 is 9.59 Å². The molecule has 3 aromatic rings. The molecule has 2 amide bonds. The van der Waals surface area contributed by atoms with Crippen LogP contribution in [0.5, 0.6) is 0 Å². The molecule has 4 heterocycles. The van der Waals surface area contributed by atoms with E-state index < -0.39 is 0 Å². The van der Waals surface area contributed by atoms with Crippen LogP contribution in [-0.4, -0.2) is 50.2 Å². The smallest absolute Gasteiger partial charge is 0.270 e. The van der Waals surface area contributed by atoms with E-state index >= 15 is 0 Å². The maximum atomic E-state index is 13.0. The second-order valence-corrected chi connectivity index (χ2v) is 9.23. The van der Waals surface area contributed by atoms with Crippen LogP contribution in [0.1, 0.15) is 41.0 Å². The third-order valence-electron chi connectivity index (χ3n) is 6.49. The van der Waals surface area contributed by atoms with Gasteiger partial charge in [-0.1, -0.05) is 6.07 Å². The number of imidazole rings is 1. The number of pyridine rings is 1. The maximum Gasteiger partial charge on any atom is 0.270 e. The van der Waals surface area contributed by atoms with E-state index in [-0.39, 0.29) is 17.9 Å². The molecule has 2 aliphatic rings. The molecule has 0 aromatic carbocycles. The van der Waals surface area contributed by atoms with Crippen LogP contribution in [0.25, 0.3) is 4.96 Å². The van der Waals surface area contributed by atoms with Crippen molar-refractivity contribution in [2.75, 3.05) is 13.1 Å². The number of carbonyl (C=O) groups excluding carboxylic acids is 2. The minimum atomic E-state index is -0.0587. The lowest BCUT2D eigenvalue weighted by molar-refractivity contribution is -0.133. The number of aromatic nitrogens is 3. The Balaban J connectivity index is 1.22. The normalized spacial score (nSPS) is 23.1. The Bertz CT molecular complexity index is 1060. The summed E-state index contributed by atoms with van der Waals surface area (Å²) >= 11 is 1.53. The Labute approximate surface area is 179 Å². The van der Waals surface area contributed by atoms with Crippen LogP contribution in [0.2, 0.25) is 0 Å². The Morgan fingerprint density at radius 2 is 2.07 bits per heavy atom. The minimum Gasteiger partial charge on any atom is -0.347 e. The van der Waals surface area contributed by atoms with E-state index in [4.69, 9.17) is 0 Å². The standard InChI is InChI=1S/C22H25N5O2S/c1-14-20(27-9-10-30-22(27)24-14)21(29)25-19-16-5-6-17(19)13-26(12-16)18(28)7-4-15-3-2-8-23-11-15/h2-3,8-11,16-17,19H,4-7,12-13H2,1H3,(H,25,29)/t16-,17+,19?. The fraction of sp³-hybridized carbons (Fsp3) is 0.455. The van der Waals surface area contributed by atoms with Crippen LogP contribution < -0.4 is 5.32 Å². The Kier molecular flexibility index (Phi) is 5.02. The average molecular weight is 424 g/mol. The SMILES string of the molecule is Cc1nc2sccn2c1C(=O)NC1[C@@H]2CC[C@H]1CN(C(=O)CCc1cccnc1)C2. The first kappa shape index (κ1) is 19.2. The fourth-order valence-corrected chi connectivity index (χ4v) is 5.76. The number of nitrogens with one attached hydrogen (secondary N) is 1. The summed E-state index contributed by atoms with van der Waals surface area (Å²) in [5, 5.41) is 5.22. The van der Waals surface area contributed by atoms with Gasteiger partial charge in [0, 0.05) is 49.5 Å². The fourth-order valence-electron chi connectivity index (χ4n) is 5.00. The molecule has 3 aromatic heterocycles. The number of hydrogen-bond acceptors (Lipinski definition) is 5. The number of rotatable bonds is 5. The van der Waals surface area contributed by atoms with Crippen LogP contribution in [0, 0.1) is 18.8 Å². The monoisotopic (exact) mass is 423 g/mol. The lowest BCUT2D eigenvalue weighted by atomic mass is 9.91. The van der Waals surface area contributed by atoms with Crippen LogP contribution in [0.15, 0.2) is 36.1 Å². The molecular weight excluding hydrogens is 398 g/mol. The average Bonchev–Trinajstić information content (AvgIpc) is 3.37. The number of nitrogens with zero attached hydrogens (tertiary/aromatic N) is 4. The van der Waals surface area contributed by atoms with Crippen LogP contribution in [0.3, 0.4) is 0 Å². The van der Waals surface area contributed by atoms with E-state index in [1.54, 1.807) is 6.20 Å². The molecule has 3 atom stereocenters. The quantitative estimate of drug-likeness (QED) is 0.684. The predicted octanol–water partition coefficient (Wildman–Crippen LogP) is 2.70. The van der Waals surface area contributed by atoms with E-state index in [9.17, 15) is 9.59 Å². The van der Waals surface area contributed by atoms with Crippen molar-refractivity contribution in [3.05, 3.63) is 53.1 Å². The second kappa shape index (κ2) is 7.83.